The molecule has 6 nitrogen and oxygen atoms in total. The zero-order valence-electron chi connectivity index (χ0n) is 17.6. The average Bonchev–Trinajstić information content (AvgIpc) is 3.30. The minimum atomic E-state index is -0.126. The fourth-order valence-corrected chi connectivity index (χ4v) is 4.35. The Balaban J connectivity index is 1.41. The van der Waals surface area contributed by atoms with Crippen LogP contribution < -0.4 is 0 Å². The van der Waals surface area contributed by atoms with Crippen molar-refractivity contribution >= 4 is 22.7 Å². The molecule has 4 aromatic rings. The highest BCUT2D eigenvalue weighted by atomic mass is 16.2. The first-order valence-corrected chi connectivity index (χ1v) is 10.8. The predicted octanol–water partition coefficient (Wildman–Crippen LogP) is 3.66. The summed E-state index contributed by atoms with van der Waals surface area (Å²) in [6.45, 7) is 1.12. The number of aromatic amines is 1. The average molecular weight is 425 g/mol. The third kappa shape index (κ3) is 4.12. The van der Waals surface area contributed by atoms with E-state index in [1.807, 2.05) is 65.6 Å². The van der Waals surface area contributed by atoms with Crippen molar-refractivity contribution in [3.63, 3.8) is 0 Å². The number of hydrogen-bond donors (Lipinski definition) is 1. The molecule has 0 unspecified atom stereocenters. The van der Waals surface area contributed by atoms with Gasteiger partial charge in [0.25, 0.3) is 5.91 Å². The Bertz CT molecular complexity index is 1240. The number of aromatic nitrogens is 2. The van der Waals surface area contributed by atoms with Crippen molar-refractivity contribution in [2.24, 2.45) is 0 Å². The molecule has 1 atom stereocenters. The highest BCUT2D eigenvalue weighted by Gasteiger charge is 2.35. The molecule has 0 bridgehead atoms. The molecule has 32 heavy (non-hydrogen) atoms. The van der Waals surface area contributed by atoms with Crippen LogP contribution in [0.4, 0.5) is 0 Å². The molecule has 0 radical (unpaired) electrons. The number of benzene rings is 3. The van der Waals surface area contributed by atoms with E-state index >= 15 is 0 Å². The summed E-state index contributed by atoms with van der Waals surface area (Å²) in [4.78, 5) is 30.1. The minimum absolute atomic E-state index is 0.0289. The summed E-state index contributed by atoms with van der Waals surface area (Å²) in [6, 6.07) is 25.5. The smallest absolute Gasteiger partial charge is 0.254 e. The molecule has 1 fully saturated rings. The number of H-pyrrole nitrogens is 1. The van der Waals surface area contributed by atoms with Gasteiger partial charge in [-0.2, -0.15) is 5.10 Å². The van der Waals surface area contributed by atoms with E-state index in [4.69, 9.17) is 0 Å². The zero-order valence-corrected chi connectivity index (χ0v) is 17.6. The number of carbonyl (C=O) groups is 2. The van der Waals surface area contributed by atoms with E-state index in [0.29, 0.717) is 25.1 Å². The molecule has 1 aliphatic rings. The normalized spacial score (nSPS) is 16.5. The quantitative estimate of drug-likeness (QED) is 0.532. The molecule has 1 saturated heterocycles. The van der Waals surface area contributed by atoms with Crippen molar-refractivity contribution in [1.29, 1.82) is 0 Å². The predicted molar refractivity (Wildman–Crippen MR) is 123 cm³/mol. The number of carbonyl (C=O) groups excluding carboxylic acids is 2. The summed E-state index contributed by atoms with van der Waals surface area (Å²) >= 11 is 0. The molecule has 0 spiro atoms. The summed E-state index contributed by atoms with van der Waals surface area (Å²) in [5.41, 5.74) is 3.69. The zero-order chi connectivity index (χ0) is 21.9. The van der Waals surface area contributed by atoms with Crippen molar-refractivity contribution in [2.45, 2.75) is 19.0 Å². The van der Waals surface area contributed by atoms with Crippen LogP contribution in [0.15, 0.2) is 85.1 Å². The number of nitrogens with zero attached hydrogens (tertiary/aromatic N) is 3. The van der Waals surface area contributed by atoms with E-state index in [-0.39, 0.29) is 24.4 Å². The van der Waals surface area contributed by atoms with Gasteiger partial charge in [0, 0.05) is 24.0 Å². The van der Waals surface area contributed by atoms with Crippen LogP contribution in [0, 0.1) is 0 Å². The highest BCUT2D eigenvalue weighted by molar-refractivity contribution is 6.00. The van der Waals surface area contributed by atoms with Crippen molar-refractivity contribution in [1.82, 2.24) is 20.0 Å². The molecule has 5 rings (SSSR count). The lowest BCUT2D eigenvalue weighted by molar-refractivity contribution is -0.139. The maximum absolute atomic E-state index is 13.3. The molecule has 0 aliphatic carbocycles. The lowest BCUT2D eigenvalue weighted by atomic mass is 10.00. The number of amides is 2. The van der Waals surface area contributed by atoms with Gasteiger partial charge in [0.1, 0.15) is 6.54 Å². The standard InChI is InChI=1S/C26H24N4O2/c31-25-18-29(26(32)21-11-12-24-22(14-21)15-27-28-24)17-23(13-19-7-3-1-4-8-19)30(25)16-20-9-5-2-6-10-20/h1-12,14-15,23H,13,16-18H2,(H,27,28)/t23-/m0/s1. The van der Waals surface area contributed by atoms with Crippen molar-refractivity contribution in [2.75, 3.05) is 13.1 Å². The van der Waals surface area contributed by atoms with Gasteiger partial charge in [0.05, 0.1) is 17.8 Å². The van der Waals surface area contributed by atoms with Crippen LogP contribution in [-0.2, 0) is 17.8 Å². The Morgan fingerprint density at radius 2 is 1.69 bits per heavy atom. The monoisotopic (exact) mass is 424 g/mol. The second-order valence-corrected chi connectivity index (χ2v) is 8.21. The molecule has 3 aromatic carbocycles. The van der Waals surface area contributed by atoms with Crippen LogP contribution in [0.3, 0.4) is 0 Å². The molecule has 2 amide bonds. The fourth-order valence-electron chi connectivity index (χ4n) is 4.35. The minimum Gasteiger partial charge on any atom is -0.332 e. The number of fused-ring (bicyclic) bond motifs is 1. The van der Waals surface area contributed by atoms with Gasteiger partial charge in [0.2, 0.25) is 5.91 Å². The van der Waals surface area contributed by atoms with E-state index in [1.54, 1.807) is 17.2 Å². The van der Waals surface area contributed by atoms with E-state index in [0.717, 1.165) is 22.0 Å². The second kappa shape index (κ2) is 8.67. The Morgan fingerprint density at radius 3 is 2.44 bits per heavy atom. The number of hydrogen-bond acceptors (Lipinski definition) is 3. The van der Waals surface area contributed by atoms with E-state index < -0.39 is 0 Å². The maximum Gasteiger partial charge on any atom is 0.254 e. The Morgan fingerprint density at radius 1 is 0.969 bits per heavy atom. The number of piperazine rings is 1. The molecule has 2 heterocycles. The highest BCUT2D eigenvalue weighted by Crippen LogP contribution is 2.22. The first kappa shape index (κ1) is 20.0. The molecular weight excluding hydrogens is 400 g/mol. The van der Waals surface area contributed by atoms with Gasteiger partial charge in [-0.25, -0.2) is 0 Å². The lowest BCUT2D eigenvalue weighted by Crippen LogP contribution is -2.58. The Labute approximate surface area is 186 Å². The number of rotatable bonds is 5. The SMILES string of the molecule is O=C(c1ccc2[nH]ncc2c1)N1CC(=O)N(Cc2ccccc2)[C@@H](Cc2ccccc2)C1. The molecule has 160 valence electrons. The summed E-state index contributed by atoms with van der Waals surface area (Å²) < 4.78 is 0. The molecule has 1 N–H and O–H groups in total. The van der Waals surface area contributed by atoms with Gasteiger partial charge in [-0.15, -0.1) is 0 Å². The van der Waals surface area contributed by atoms with Gasteiger partial charge >= 0.3 is 0 Å². The maximum atomic E-state index is 13.3. The summed E-state index contributed by atoms with van der Waals surface area (Å²) in [7, 11) is 0. The first-order chi connectivity index (χ1) is 15.7. The fraction of sp³-hybridized carbons (Fsp3) is 0.192. The third-order valence-electron chi connectivity index (χ3n) is 6.00. The third-order valence-corrected chi connectivity index (χ3v) is 6.00. The summed E-state index contributed by atoms with van der Waals surface area (Å²) in [5.74, 6) is -0.155. The first-order valence-electron chi connectivity index (χ1n) is 10.8. The van der Waals surface area contributed by atoms with Crippen molar-refractivity contribution < 1.29 is 9.59 Å². The molecule has 6 heteroatoms. The van der Waals surface area contributed by atoms with Gasteiger partial charge in [-0.05, 0) is 35.7 Å². The largest absolute Gasteiger partial charge is 0.332 e. The van der Waals surface area contributed by atoms with Gasteiger partial charge in [0.15, 0.2) is 0 Å². The second-order valence-electron chi connectivity index (χ2n) is 8.21. The molecule has 1 aliphatic heterocycles. The lowest BCUT2D eigenvalue weighted by Gasteiger charge is -2.41. The van der Waals surface area contributed by atoms with Crippen LogP contribution >= 0.6 is 0 Å². The topological polar surface area (TPSA) is 69.3 Å². The van der Waals surface area contributed by atoms with Crippen molar-refractivity contribution in [3.05, 3.63) is 102 Å². The summed E-state index contributed by atoms with van der Waals surface area (Å²) in [5, 5.41) is 7.80. The molecular formula is C26H24N4O2. The van der Waals surface area contributed by atoms with Crippen molar-refractivity contribution in [3.8, 4) is 0 Å². The van der Waals surface area contributed by atoms with Crippen LogP contribution in [0.25, 0.3) is 10.9 Å². The number of nitrogens with one attached hydrogen (secondary N) is 1. The van der Waals surface area contributed by atoms with E-state index in [2.05, 4.69) is 22.3 Å². The Hall–Kier alpha value is -3.93. The van der Waals surface area contributed by atoms with Gasteiger partial charge < -0.3 is 9.80 Å². The van der Waals surface area contributed by atoms with Crippen LogP contribution in [0.5, 0.6) is 0 Å². The van der Waals surface area contributed by atoms with Gasteiger partial charge in [-0.1, -0.05) is 60.7 Å². The summed E-state index contributed by atoms with van der Waals surface area (Å²) in [6.07, 6.45) is 2.40. The van der Waals surface area contributed by atoms with Crippen LogP contribution in [0.2, 0.25) is 0 Å². The Kier molecular flexibility index (Phi) is 5.42. The van der Waals surface area contributed by atoms with Crippen LogP contribution in [-0.4, -0.2) is 50.9 Å². The van der Waals surface area contributed by atoms with E-state index in [1.165, 1.54) is 0 Å². The van der Waals surface area contributed by atoms with E-state index in [9.17, 15) is 9.59 Å². The molecule has 1 aromatic heterocycles. The van der Waals surface area contributed by atoms with Crippen LogP contribution in [0.1, 0.15) is 21.5 Å². The molecule has 0 saturated carbocycles. The van der Waals surface area contributed by atoms with Gasteiger partial charge in [-0.3, -0.25) is 14.7 Å².